The number of nitrogens with zero attached hydrogens (tertiary/aromatic N) is 3. The molecule has 4 aromatic rings. The molecule has 0 saturated carbocycles. The average molecular weight is 369 g/mol. The summed E-state index contributed by atoms with van der Waals surface area (Å²) >= 11 is 0. The predicted octanol–water partition coefficient (Wildman–Crippen LogP) is 3.53. The van der Waals surface area contributed by atoms with Crippen LogP contribution < -0.4 is 15.0 Å². The molecule has 0 spiro atoms. The summed E-state index contributed by atoms with van der Waals surface area (Å²) in [4.78, 5) is 6.49. The molecule has 0 atom stereocenters. The van der Waals surface area contributed by atoms with Gasteiger partial charge in [0, 0.05) is 21.9 Å². The molecule has 1 aromatic carbocycles. The monoisotopic (exact) mass is 369 g/mol. The van der Waals surface area contributed by atoms with Crippen LogP contribution in [0.5, 0.6) is 0 Å². The van der Waals surface area contributed by atoms with Crippen LogP contribution in [0.1, 0.15) is 15.4 Å². The molecule has 5 heteroatoms. The highest BCUT2D eigenvalue weighted by atomic mass is 16.3. The van der Waals surface area contributed by atoms with E-state index in [-0.39, 0.29) is 6.85 Å². The fraction of sp³-hybridized carbons (Fsp3) is 0.130. The zero-order valence-electron chi connectivity index (χ0n) is 18.8. The fourth-order valence-electron chi connectivity index (χ4n) is 3.97. The number of pyridine rings is 2. The van der Waals surface area contributed by atoms with Gasteiger partial charge in [-0.1, -0.05) is 36.3 Å². The van der Waals surface area contributed by atoms with E-state index >= 15 is 0 Å². The third kappa shape index (κ3) is 2.54. The van der Waals surface area contributed by atoms with Crippen LogP contribution in [0.25, 0.3) is 28.3 Å². The van der Waals surface area contributed by atoms with Crippen molar-refractivity contribution in [2.45, 2.75) is 6.85 Å². The van der Waals surface area contributed by atoms with E-state index in [1.807, 2.05) is 73.3 Å². The van der Waals surface area contributed by atoms with Crippen molar-refractivity contribution in [3.05, 3.63) is 78.2 Å². The van der Waals surface area contributed by atoms with Crippen LogP contribution in [-0.2, 0) is 7.05 Å². The lowest BCUT2D eigenvalue weighted by Crippen LogP contribution is -2.60. The van der Waals surface area contributed by atoms with Crippen LogP contribution >= 0.6 is 0 Å². The lowest BCUT2D eigenvalue weighted by molar-refractivity contribution is -0.654. The van der Waals surface area contributed by atoms with Gasteiger partial charge in [0.15, 0.2) is 17.6 Å². The van der Waals surface area contributed by atoms with Crippen molar-refractivity contribution >= 4 is 35.3 Å². The number of aromatic nitrogens is 2. The Morgan fingerprint density at radius 2 is 2.04 bits per heavy atom. The van der Waals surface area contributed by atoms with Crippen LogP contribution in [0.3, 0.4) is 0 Å². The van der Waals surface area contributed by atoms with Crippen LogP contribution in [-0.4, -0.2) is 18.9 Å². The van der Waals surface area contributed by atoms with Gasteiger partial charge >= 0.3 is 6.85 Å². The van der Waals surface area contributed by atoms with Crippen molar-refractivity contribution in [1.82, 2.24) is 4.98 Å². The van der Waals surface area contributed by atoms with Gasteiger partial charge < -0.3 is 9.23 Å². The second kappa shape index (κ2) is 6.38. The summed E-state index contributed by atoms with van der Waals surface area (Å²) in [7, 11) is 3.92. The molecule has 0 aliphatic carbocycles. The number of aryl methyl sites for hydroxylation is 2. The molecule has 0 fully saturated rings. The minimum absolute atomic E-state index is 0.0911. The summed E-state index contributed by atoms with van der Waals surface area (Å²) in [5.74, 6) is 2.85. The van der Waals surface area contributed by atoms with Crippen molar-refractivity contribution in [2.75, 3.05) is 11.9 Å². The molecule has 0 amide bonds. The lowest BCUT2D eigenvalue weighted by Gasteiger charge is -2.26. The van der Waals surface area contributed by atoms with E-state index in [2.05, 4.69) is 15.8 Å². The first kappa shape index (κ1) is 13.8. The number of furan rings is 1. The Kier molecular flexibility index (Phi) is 3.14. The maximum absolute atomic E-state index is 8.06. The van der Waals surface area contributed by atoms with Crippen LogP contribution in [0.4, 0.5) is 5.69 Å². The minimum Gasteiger partial charge on any atom is -0.436 e. The van der Waals surface area contributed by atoms with Gasteiger partial charge in [0.25, 0.3) is 0 Å². The predicted molar refractivity (Wildman–Crippen MR) is 115 cm³/mol. The molecule has 28 heavy (non-hydrogen) atoms. The van der Waals surface area contributed by atoms with Gasteiger partial charge in [0.05, 0.1) is 11.1 Å². The average Bonchev–Trinajstić information content (AvgIpc) is 3.13. The molecule has 0 N–H and O–H groups in total. The zero-order valence-corrected chi connectivity index (χ0v) is 15.8. The first-order valence-corrected chi connectivity index (χ1v) is 9.22. The summed E-state index contributed by atoms with van der Waals surface area (Å²) < 4.78 is 32.0. The molecule has 136 valence electrons. The van der Waals surface area contributed by atoms with Gasteiger partial charge in [-0.2, -0.15) is 0 Å². The smallest absolute Gasteiger partial charge is 0.396 e. The first-order chi connectivity index (χ1) is 14.8. The third-order valence-electron chi connectivity index (χ3n) is 5.37. The Hall–Kier alpha value is -3.34. The highest BCUT2D eigenvalue weighted by Gasteiger charge is 2.35. The Morgan fingerprint density at radius 1 is 1.18 bits per heavy atom. The summed E-state index contributed by atoms with van der Waals surface area (Å²) in [6.45, 7) is -2.30. The Labute approximate surface area is 169 Å². The number of hydrogen-bond donors (Lipinski definition) is 0. The van der Waals surface area contributed by atoms with Crippen molar-refractivity contribution in [1.29, 1.82) is 0 Å². The van der Waals surface area contributed by atoms with Crippen molar-refractivity contribution < 1.29 is 13.1 Å². The molecule has 0 bridgehead atoms. The molecule has 0 radical (unpaired) electrons. The van der Waals surface area contributed by atoms with Gasteiger partial charge in [-0.15, -0.1) is 0 Å². The Morgan fingerprint density at radius 3 is 2.86 bits per heavy atom. The van der Waals surface area contributed by atoms with E-state index < -0.39 is 6.85 Å². The first-order valence-electron chi connectivity index (χ1n) is 10.7. The molecule has 1 aliphatic rings. The summed E-state index contributed by atoms with van der Waals surface area (Å²) in [6, 6.07) is 15.6. The van der Waals surface area contributed by atoms with E-state index in [0.29, 0.717) is 11.3 Å². The topological polar surface area (TPSA) is 33.1 Å². The normalized spacial score (nSPS) is 15.3. The van der Waals surface area contributed by atoms with E-state index in [9.17, 15) is 0 Å². The highest BCUT2D eigenvalue weighted by Crippen LogP contribution is 2.36. The van der Waals surface area contributed by atoms with Crippen LogP contribution in [0.15, 0.2) is 71.3 Å². The van der Waals surface area contributed by atoms with E-state index in [4.69, 9.17) is 8.53 Å². The Bertz CT molecular complexity index is 1320. The zero-order chi connectivity index (χ0) is 21.8. The minimum atomic E-state index is -2.21. The SMILES string of the molecule is [2H]C([2H])([2H])c1c[n+](C)c(B2C=Cc3oc4ncccc4c3N2C)cc1-c1ccccc1. The summed E-state index contributed by atoms with van der Waals surface area (Å²) in [5, 5.41) is 0.958. The number of benzene rings is 1. The molecule has 5 rings (SSSR count). The van der Waals surface area contributed by atoms with E-state index in [0.717, 1.165) is 33.6 Å². The second-order valence-electron chi connectivity index (χ2n) is 7.09. The number of fused-ring (bicyclic) bond motifs is 3. The van der Waals surface area contributed by atoms with Gasteiger partial charge in [0.1, 0.15) is 7.05 Å². The van der Waals surface area contributed by atoms with E-state index in [1.165, 1.54) is 0 Å². The van der Waals surface area contributed by atoms with Crippen molar-refractivity contribution in [3.8, 4) is 11.1 Å². The van der Waals surface area contributed by atoms with Gasteiger partial charge in [-0.3, -0.25) is 0 Å². The Balaban J connectivity index is 1.67. The van der Waals surface area contributed by atoms with Gasteiger partial charge in [-0.05, 0) is 43.2 Å². The molecule has 3 aromatic heterocycles. The number of hydrogen-bond acceptors (Lipinski definition) is 3. The molecule has 4 heterocycles. The van der Waals surface area contributed by atoms with Crippen LogP contribution in [0, 0.1) is 6.85 Å². The highest BCUT2D eigenvalue weighted by molar-refractivity contribution is 6.81. The van der Waals surface area contributed by atoms with Crippen LogP contribution in [0.2, 0.25) is 0 Å². The molecule has 4 nitrogen and oxygen atoms in total. The quantitative estimate of drug-likeness (QED) is 0.400. The summed E-state index contributed by atoms with van der Waals surface area (Å²) in [6.07, 6.45) is 5.43. The maximum atomic E-state index is 8.06. The standard InChI is InChI=1S/C23H21BN3O/c1-16-15-26(2)21(14-19(16)17-8-5-4-6-9-17)24-12-11-20-22(27(24)3)18-10-7-13-25-23(18)28-20/h4-15H,1-3H3/q+1/i1D3. The molecule has 1 aliphatic heterocycles. The third-order valence-corrected chi connectivity index (χ3v) is 5.37. The second-order valence-corrected chi connectivity index (χ2v) is 7.09. The molecular formula is C23H21BN3O+. The van der Waals surface area contributed by atoms with E-state index in [1.54, 1.807) is 12.4 Å². The van der Waals surface area contributed by atoms with Crippen molar-refractivity contribution in [2.24, 2.45) is 7.05 Å². The number of rotatable bonds is 2. The lowest BCUT2D eigenvalue weighted by atomic mass is 9.55. The molecule has 0 unspecified atom stereocenters. The van der Waals surface area contributed by atoms with Crippen molar-refractivity contribution in [3.63, 3.8) is 0 Å². The largest absolute Gasteiger partial charge is 0.436 e. The van der Waals surface area contributed by atoms with Gasteiger partial charge in [0.2, 0.25) is 5.71 Å². The summed E-state index contributed by atoms with van der Waals surface area (Å²) in [5.41, 5.74) is 4.52. The molecular weight excluding hydrogens is 345 g/mol. The number of anilines is 1. The fourth-order valence-corrected chi connectivity index (χ4v) is 3.97. The van der Waals surface area contributed by atoms with Gasteiger partial charge in [-0.25, -0.2) is 9.55 Å². The molecule has 0 saturated heterocycles. The maximum Gasteiger partial charge on any atom is 0.396 e.